The molecule has 0 radical (unpaired) electrons. The molecule has 0 aliphatic rings. The molecule has 0 aliphatic heterocycles. The minimum absolute atomic E-state index is 0. The van der Waals surface area contributed by atoms with E-state index in [1.165, 1.54) is 0 Å². The molecular formula is H11AlBiCaIn. The van der Waals surface area contributed by atoms with E-state index in [4.69, 9.17) is 0 Å². The fraction of sp³-hybridized carbons (Fsp3) is 0. The quantitative estimate of drug-likeness (QED) is 0.366. The van der Waals surface area contributed by atoms with Gasteiger partial charge in [-0.05, 0) is 0 Å². The van der Waals surface area contributed by atoms with Crippen LogP contribution in [0.15, 0.2) is 0 Å². The van der Waals surface area contributed by atoms with Gasteiger partial charge in [0, 0.05) is 0 Å². The van der Waals surface area contributed by atoms with Gasteiger partial charge in [0.15, 0.2) is 17.4 Å². The second kappa shape index (κ2) is 16.0. The van der Waals surface area contributed by atoms with Gasteiger partial charge in [0.25, 0.3) is 0 Å². The molecule has 24 valence electrons. The first-order chi connectivity index (χ1) is 0. The third-order valence-electron chi connectivity index (χ3n) is 0. The summed E-state index contributed by atoms with van der Waals surface area (Å²) >= 11 is 0. The Balaban J connectivity index is 0. The molecule has 0 aromatic carbocycles. The Kier molecular flexibility index (Phi) is 103. The van der Waals surface area contributed by atoms with E-state index in [0.717, 1.165) is 0 Å². The van der Waals surface area contributed by atoms with Crippen LogP contribution in [0.4, 0.5) is 0 Å². The summed E-state index contributed by atoms with van der Waals surface area (Å²) < 4.78 is 0. The van der Waals surface area contributed by atoms with Crippen molar-refractivity contribution in [2.45, 2.75) is 0 Å². The molecule has 0 aliphatic carbocycles. The van der Waals surface area contributed by atoms with Crippen molar-refractivity contribution in [2.75, 3.05) is 0 Å². The zero-order chi connectivity index (χ0) is 0. The van der Waals surface area contributed by atoms with Crippen LogP contribution in [0.25, 0.3) is 0 Å². The van der Waals surface area contributed by atoms with Gasteiger partial charge in [-0.25, -0.2) is 0 Å². The molecule has 0 spiro atoms. The van der Waals surface area contributed by atoms with Crippen molar-refractivity contribution in [3.05, 3.63) is 0 Å². The zero-order valence-corrected chi connectivity index (χ0v) is 9.12. The zero-order valence-electron chi connectivity index (χ0n) is 3.41. The van der Waals surface area contributed by atoms with E-state index in [1.54, 1.807) is 0 Å². The SMILES string of the molecule is [AlH3].[BiH3].[Ca+2].[H-].[H-].[InH3]. The summed E-state index contributed by atoms with van der Waals surface area (Å²) in [6.45, 7) is 0. The van der Waals surface area contributed by atoms with E-state index in [0.29, 0.717) is 0 Å². The molecule has 4 heteroatoms. The van der Waals surface area contributed by atoms with Crippen molar-refractivity contribution in [3.8, 4) is 0 Å². The van der Waals surface area contributed by atoms with Gasteiger partial charge in [-0.1, -0.05) is 0 Å². The van der Waals surface area contributed by atoms with E-state index >= 15 is 0 Å². The van der Waals surface area contributed by atoms with E-state index in [-0.39, 0.29) is 110 Å². The summed E-state index contributed by atoms with van der Waals surface area (Å²) in [4.78, 5) is 0. The molecule has 0 nitrogen and oxygen atoms in total. The Bertz CT molecular complexity index is 13.5. The normalized spacial score (nSPS) is 0. The van der Waals surface area contributed by atoms with Crippen LogP contribution < -0.4 is 0 Å². The van der Waals surface area contributed by atoms with Gasteiger partial charge in [0.1, 0.15) is 0 Å². The van der Waals surface area contributed by atoms with Gasteiger partial charge in [-0.3, -0.25) is 0 Å². The Hall–Kier alpha value is 3.55. The van der Waals surface area contributed by atoms with Crippen LogP contribution in [0, 0.1) is 0 Å². The average Bonchev–Trinajstić information content (AvgIpc) is 0. The van der Waals surface area contributed by atoms with Gasteiger partial charge < -0.3 is 2.85 Å². The fourth-order valence-corrected chi connectivity index (χ4v) is 0. The van der Waals surface area contributed by atoms with E-state index in [9.17, 15) is 0 Å². The van der Waals surface area contributed by atoms with Crippen LogP contribution in [0.5, 0.6) is 0 Å². The van der Waals surface area contributed by atoms with Gasteiger partial charge in [0.05, 0.1) is 0 Å². The molecule has 4 heavy (non-hydrogen) atoms. The second-order valence-electron chi connectivity index (χ2n) is 0. The maximum atomic E-state index is 0. The second-order valence-corrected chi connectivity index (χ2v) is 0. The maximum absolute atomic E-state index is 0. The van der Waals surface area contributed by atoms with Gasteiger partial charge in [-0.2, -0.15) is 0 Å². The van der Waals surface area contributed by atoms with E-state index in [1.807, 2.05) is 0 Å². The number of hydrogen-bond donors (Lipinski definition) is 0. The summed E-state index contributed by atoms with van der Waals surface area (Å²) in [5.74, 6) is 0. The minimum atomic E-state index is 0. The first-order valence-corrected chi connectivity index (χ1v) is 0. The topological polar surface area (TPSA) is 0 Å². The molecule has 0 bridgehead atoms. The summed E-state index contributed by atoms with van der Waals surface area (Å²) in [5.41, 5.74) is 0. The van der Waals surface area contributed by atoms with Crippen LogP contribution >= 0.6 is 0 Å². The van der Waals surface area contributed by atoms with Gasteiger partial charge >= 0.3 is 89.8 Å². The summed E-state index contributed by atoms with van der Waals surface area (Å²) in [7, 11) is 0. The molecule has 0 saturated carbocycles. The van der Waals surface area contributed by atoms with Crippen molar-refractivity contribution < 1.29 is 2.85 Å². The average molecular weight is 402 g/mol. The first kappa shape index (κ1) is 25.7. The van der Waals surface area contributed by atoms with E-state index in [2.05, 4.69) is 0 Å². The van der Waals surface area contributed by atoms with Crippen molar-refractivity contribution in [3.63, 3.8) is 0 Å². The Morgan fingerprint density at radius 3 is 1.25 bits per heavy atom. The number of hydrogen-bond acceptors (Lipinski definition) is 0. The van der Waals surface area contributed by atoms with Crippen LogP contribution in [0.3, 0.4) is 0 Å². The van der Waals surface area contributed by atoms with Gasteiger partial charge in [-0.15, -0.1) is 0 Å². The first-order valence-electron chi connectivity index (χ1n) is 0. The summed E-state index contributed by atoms with van der Waals surface area (Å²) in [5, 5.41) is 0. The molecule has 0 atom stereocenters. The molecule has 0 rings (SSSR count). The molecule has 0 saturated heterocycles. The molecular weight excluding hydrogens is 391 g/mol. The van der Waals surface area contributed by atoms with Crippen LogP contribution in [-0.2, 0) is 0 Å². The molecule has 0 heterocycles. The van der Waals surface area contributed by atoms with Crippen LogP contribution in [-0.4, -0.2) is 107 Å². The summed E-state index contributed by atoms with van der Waals surface area (Å²) in [6, 6.07) is 0. The van der Waals surface area contributed by atoms with Gasteiger partial charge in [0.2, 0.25) is 0 Å². The molecule has 0 aromatic rings. The molecule has 0 fully saturated rings. The predicted octanol–water partition coefficient (Wildman–Crippen LogP) is -3.71. The van der Waals surface area contributed by atoms with Crippen molar-refractivity contribution in [1.82, 2.24) is 0 Å². The molecule has 0 aromatic heterocycles. The standard InChI is InChI=1S/Al.Bi.Ca.In.11H/q;;+2;;;;;;;;;;;2*-1. The third kappa shape index (κ3) is 9.11. The number of rotatable bonds is 0. The Morgan fingerprint density at radius 2 is 1.25 bits per heavy atom. The van der Waals surface area contributed by atoms with Crippen LogP contribution in [0.2, 0.25) is 0 Å². The Labute approximate surface area is 107 Å². The summed E-state index contributed by atoms with van der Waals surface area (Å²) in [6.07, 6.45) is 0. The van der Waals surface area contributed by atoms with Crippen molar-refractivity contribution in [1.29, 1.82) is 0 Å². The predicted molar refractivity (Wildman–Crippen MR) is 37.8 cm³/mol. The van der Waals surface area contributed by atoms with Crippen LogP contribution in [0.1, 0.15) is 2.85 Å². The van der Waals surface area contributed by atoms with Crippen molar-refractivity contribution in [2.24, 2.45) is 0 Å². The van der Waals surface area contributed by atoms with Crippen molar-refractivity contribution >= 4 is 107 Å². The Morgan fingerprint density at radius 1 is 1.25 bits per heavy atom. The monoisotopic (exact) mass is 402 g/mol. The molecule has 0 amide bonds. The van der Waals surface area contributed by atoms with E-state index < -0.39 is 0 Å². The molecule has 0 N–H and O–H groups in total. The molecule has 0 unspecified atom stereocenters. The fourth-order valence-electron chi connectivity index (χ4n) is 0. The third-order valence-corrected chi connectivity index (χ3v) is 0.